The first-order valence-corrected chi connectivity index (χ1v) is 6.17. The van der Waals surface area contributed by atoms with Gasteiger partial charge >= 0.3 is 0 Å². The van der Waals surface area contributed by atoms with E-state index in [2.05, 4.69) is 18.7 Å². The molecule has 17 heavy (non-hydrogen) atoms. The van der Waals surface area contributed by atoms with Gasteiger partial charge in [-0.25, -0.2) is 0 Å². The zero-order valence-electron chi connectivity index (χ0n) is 10.2. The topological polar surface area (TPSA) is 32.7 Å². The summed E-state index contributed by atoms with van der Waals surface area (Å²) in [4.78, 5) is 2.37. The summed E-state index contributed by atoms with van der Waals surface area (Å²) < 4.78 is 5.49. The molecule has 4 heteroatoms. The van der Waals surface area contributed by atoms with Crippen LogP contribution in [0.5, 0.6) is 5.75 Å². The van der Waals surface area contributed by atoms with Gasteiger partial charge in [-0.05, 0) is 31.5 Å². The van der Waals surface area contributed by atoms with Crippen molar-refractivity contribution in [1.29, 1.82) is 0 Å². The molecule has 1 heterocycles. The molecule has 1 aliphatic rings. The summed E-state index contributed by atoms with van der Waals surface area (Å²) in [6.45, 7) is 7.62. The van der Waals surface area contributed by atoms with Crippen LogP contribution in [0.1, 0.15) is 19.4 Å². The molecule has 0 radical (unpaired) electrons. The molecular weight excluding hydrogens is 238 g/mol. The van der Waals surface area contributed by atoms with Gasteiger partial charge in [0.1, 0.15) is 5.75 Å². The van der Waals surface area contributed by atoms with Crippen LogP contribution in [0.25, 0.3) is 0 Å². The van der Waals surface area contributed by atoms with Gasteiger partial charge in [0.15, 0.2) is 0 Å². The molecule has 0 bridgehead atoms. The molecule has 3 nitrogen and oxygen atoms in total. The van der Waals surface area contributed by atoms with Crippen molar-refractivity contribution in [2.45, 2.75) is 25.9 Å². The van der Waals surface area contributed by atoms with Crippen molar-refractivity contribution in [3.63, 3.8) is 0 Å². The fraction of sp³-hybridized carbons (Fsp3) is 0.538. The average Bonchev–Trinajstić information content (AvgIpc) is 2.26. The van der Waals surface area contributed by atoms with E-state index in [9.17, 15) is 5.11 Å². The van der Waals surface area contributed by atoms with Gasteiger partial charge in [0.05, 0.1) is 18.2 Å². The molecule has 94 valence electrons. The Balaban J connectivity index is 2.11. The fourth-order valence-corrected chi connectivity index (χ4v) is 2.26. The van der Waals surface area contributed by atoms with Crippen LogP contribution in [0.15, 0.2) is 18.2 Å². The minimum atomic E-state index is 0.0443. The third kappa shape index (κ3) is 2.92. The molecule has 0 amide bonds. The number of morpholine rings is 1. The van der Waals surface area contributed by atoms with Gasteiger partial charge in [0, 0.05) is 18.6 Å². The maximum Gasteiger partial charge on any atom is 0.134 e. The van der Waals surface area contributed by atoms with Crippen LogP contribution < -0.4 is 0 Å². The summed E-state index contributed by atoms with van der Waals surface area (Å²) >= 11 is 5.91. The highest BCUT2D eigenvalue weighted by Gasteiger charge is 2.30. The zero-order valence-corrected chi connectivity index (χ0v) is 11.0. The summed E-state index contributed by atoms with van der Waals surface area (Å²) in [5.74, 6) is 0.136. The molecule has 0 atom stereocenters. The Kier molecular flexibility index (Phi) is 3.61. The van der Waals surface area contributed by atoms with Crippen molar-refractivity contribution in [2.24, 2.45) is 0 Å². The number of hydrogen-bond acceptors (Lipinski definition) is 3. The Labute approximate surface area is 107 Å². The molecule has 1 aromatic carbocycles. The van der Waals surface area contributed by atoms with Crippen LogP contribution in [0.3, 0.4) is 0 Å². The van der Waals surface area contributed by atoms with Gasteiger partial charge in [-0.15, -0.1) is 0 Å². The number of halogens is 1. The van der Waals surface area contributed by atoms with Gasteiger partial charge in [-0.1, -0.05) is 17.7 Å². The van der Waals surface area contributed by atoms with E-state index in [4.69, 9.17) is 16.3 Å². The second-order valence-corrected chi connectivity index (χ2v) is 5.48. The molecule has 0 aromatic heterocycles. The molecule has 0 unspecified atom stereocenters. The second-order valence-electron chi connectivity index (χ2n) is 5.07. The van der Waals surface area contributed by atoms with E-state index in [-0.39, 0.29) is 11.3 Å². The van der Waals surface area contributed by atoms with E-state index in [1.807, 2.05) is 12.1 Å². The highest BCUT2D eigenvalue weighted by atomic mass is 35.5. The Morgan fingerprint density at radius 1 is 1.47 bits per heavy atom. The molecular formula is C13H18ClNO2. The number of ether oxygens (including phenoxy) is 1. The van der Waals surface area contributed by atoms with Crippen LogP contribution in [-0.2, 0) is 11.3 Å². The van der Waals surface area contributed by atoms with Crippen molar-refractivity contribution in [3.05, 3.63) is 28.8 Å². The lowest BCUT2D eigenvalue weighted by Crippen LogP contribution is -2.52. The van der Waals surface area contributed by atoms with Gasteiger partial charge < -0.3 is 9.84 Å². The van der Waals surface area contributed by atoms with Gasteiger partial charge in [-0.2, -0.15) is 0 Å². The van der Waals surface area contributed by atoms with Gasteiger partial charge in [-0.3, -0.25) is 4.90 Å². The van der Waals surface area contributed by atoms with Gasteiger partial charge in [0.2, 0.25) is 0 Å². The van der Waals surface area contributed by atoms with Crippen LogP contribution in [0.2, 0.25) is 5.02 Å². The molecule has 2 rings (SSSR count). The largest absolute Gasteiger partial charge is 0.506 e. The molecule has 1 aliphatic heterocycles. The van der Waals surface area contributed by atoms with Gasteiger partial charge in [0.25, 0.3) is 0 Å². The molecule has 0 spiro atoms. The predicted octanol–water partition coefficient (Wildman–Crippen LogP) is 2.66. The summed E-state index contributed by atoms with van der Waals surface area (Å²) in [6.07, 6.45) is 0. The number of hydrogen-bond donors (Lipinski definition) is 1. The van der Waals surface area contributed by atoms with Crippen LogP contribution in [0, 0.1) is 0 Å². The number of aromatic hydroxyl groups is 1. The molecule has 1 fully saturated rings. The Morgan fingerprint density at radius 3 is 2.88 bits per heavy atom. The Hall–Kier alpha value is -0.770. The molecule has 0 saturated carbocycles. The number of phenolic OH excluding ortho intramolecular Hbond substituents is 1. The number of nitrogens with zero attached hydrogens (tertiary/aromatic N) is 1. The zero-order chi connectivity index (χ0) is 12.5. The molecule has 1 saturated heterocycles. The van der Waals surface area contributed by atoms with Crippen LogP contribution >= 0.6 is 11.6 Å². The smallest absolute Gasteiger partial charge is 0.134 e. The lowest BCUT2D eigenvalue weighted by molar-refractivity contribution is -0.0552. The normalized spacial score (nSPS) is 20.4. The maximum atomic E-state index is 9.39. The van der Waals surface area contributed by atoms with E-state index < -0.39 is 0 Å². The van der Waals surface area contributed by atoms with E-state index in [1.54, 1.807) is 6.07 Å². The maximum absolute atomic E-state index is 9.39. The SMILES string of the molecule is CC1(C)COCCN1Cc1ccc(O)c(Cl)c1. The van der Waals surface area contributed by atoms with E-state index >= 15 is 0 Å². The quantitative estimate of drug-likeness (QED) is 0.882. The van der Waals surface area contributed by atoms with Crippen LogP contribution in [0.4, 0.5) is 0 Å². The summed E-state index contributed by atoms with van der Waals surface area (Å²) in [5, 5.41) is 9.80. The van der Waals surface area contributed by atoms with Crippen molar-refractivity contribution in [3.8, 4) is 5.75 Å². The highest BCUT2D eigenvalue weighted by Crippen LogP contribution is 2.26. The number of phenols is 1. The third-order valence-corrected chi connectivity index (χ3v) is 3.51. The monoisotopic (exact) mass is 255 g/mol. The predicted molar refractivity (Wildman–Crippen MR) is 68.4 cm³/mol. The lowest BCUT2D eigenvalue weighted by atomic mass is 10.0. The summed E-state index contributed by atoms with van der Waals surface area (Å²) in [5.41, 5.74) is 1.16. The number of benzene rings is 1. The van der Waals surface area contributed by atoms with Crippen LogP contribution in [-0.4, -0.2) is 35.3 Å². The van der Waals surface area contributed by atoms with Crippen molar-refractivity contribution in [1.82, 2.24) is 4.90 Å². The second kappa shape index (κ2) is 4.84. The fourth-order valence-electron chi connectivity index (χ4n) is 2.05. The Bertz CT molecular complexity index is 406. The lowest BCUT2D eigenvalue weighted by Gasteiger charge is -2.42. The molecule has 1 aromatic rings. The number of rotatable bonds is 2. The van der Waals surface area contributed by atoms with Crippen molar-refractivity contribution >= 4 is 11.6 Å². The standard InChI is InChI=1S/C13H18ClNO2/c1-13(2)9-17-6-5-15(13)8-10-3-4-12(16)11(14)7-10/h3-4,7,16H,5-6,8-9H2,1-2H3. The first kappa shape index (κ1) is 12.7. The molecule has 1 N–H and O–H groups in total. The first-order valence-electron chi connectivity index (χ1n) is 5.79. The third-order valence-electron chi connectivity index (χ3n) is 3.20. The van der Waals surface area contributed by atoms with E-state index in [0.717, 1.165) is 31.9 Å². The highest BCUT2D eigenvalue weighted by molar-refractivity contribution is 6.32. The minimum Gasteiger partial charge on any atom is -0.506 e. The summed E-state index contributed by atoms with van der Waals surface area (Å²) in [7, 11) is 0. The molecule has 0 aliphatic carbocycles. The van der Waals surface area contributed by atoms with E-state index in [1.165, 1.54) is 0 Å². The van der Waals surface area contributed by atoms with E-state index in [0.29, 0.717) is 5.02 Å². The van der Waals surface area contributed by atoms with Crippen molar-refractivity contribution < 1.29 is 9.84 Å². The summed E-state index contributed by atoms with van der Waals surface area (Å²) in [6, 6.07) is 5.38. The average molecular weight is 256 g/mol. The minimum absolute atomic E-state index is 0.0443. The first-order chi connectivity index (χ1) is 7.99. The van der Waals surface area contributed by atoms with Crippen molar-refractivity contribution in [2.75, 3.05) is 19.8 Å². The Morgan fingerprint density at radius 2 is 2.24 bits per heavy atom.